The first-order chi connectivity index (χ1) is 12.3. The average Bonchev–Trinajstić information content (AvgIpc) is 2.68. The highest BCUT2D eigenvalue weighted by Gasteiger charge is 2.26. The van der Waals surface area contributed by atoms with Gasteiger partial charge in [0.15, 0.2) is 0 Å². The second kappa shape index (κ2) is 9.74. The molecule has 1 heteroatoms. The van der Waals surface area contributed by atoms with Crippen molar-refractivity contribution in [1.82, 2.24) is 0 Å². The van der Waals surface area contributed by atoms with Crippen molar-refractivity contribution >= 4 is 0 Å². The second-order valence-electron chi connectivity index (χ2n) is 8.42. The second-order valence-corrected chi connectivity index (χ2v) is 8.42. The zero-order chi connectivity index (χ0) is 17.5. The van der Waals surface area contributed by atoms with Crippen LogP contribution in [0.25, 0.3) is 0 Å². The molecule has 1 aromatic carbocycles. The van der Waals surface area contributed by atoms with Crippen molar-refractivity contribution in [2.24, 2.45) is 0 Å². The summed E-state index contributed by atoms with van der Waals surface area (Å²) in [6.07, 6.45) is 17.8. The van der Waals surface area contributed by atoms with Gasteiger partial charge in [-0.1, -0.05) is 64.0 Å². The molecule has 2 saturated carbocycles. The summed E-state index contributed by atoms with van der Waals surface area (Å²) in [6.45, 7) is 2.08. The van der Waals surface area contributed by atoms with Gasteiger partial charge in [0.1, 0.15) is 0 Å². The number of rotatable bonds is 7. The van der Waals surface area contributed by atoms with Gasteiger partial charge in [-0.15, -0.1) is 0 Å². The van der Waals surface area contributed by atoms with E-state index in [1.807, 2.05) is 0 Å². The molecule has 2 aliphatic carbocycles. The Morgan fingerprint density at radius 3 is 2.08 bits per heavy atom. The van der Waals surface area contributed by atoms with Gasteiger partial charge in [0.2, 0.25) is 0 Å². The molecule has 0 saturated heterocycles. The largest absolute Gasteiger partial charge is 0.251 e. The molecule has 3 rings (SSSR count). The third-order valence-electron chi connectivity index (χ3n) is 6.69. The van der Waals surface area contributed by atoms with Crippen LogP contribution < -0.4 is 0 Å². The van der Waals surface area contributed by atoms with E-state index in [9.17, 15) is 4.39 Å². The minimum absolute atomic E-state index is 0.198. The highest BCUT2D eigenvalue weighted by Crippen LogP contribution is 2.42. The number of unbranched alkanes of at least 4 members (excludes halogenated alkanes) is 1. The Morgan fingerprint density at radius 1 is 0.840 bits per heavy atom. The maximum absolute atomic E-state index is 13.6. The molecule has 0 unspecified atom stereocenters. The fourth-order valence-electron chi connectivity index (χ4n) is 5.38. The summed E-state index contributed by atoms with van der Waals surface area (Å²) in [6, 6.07) is 4.84. The van der Waals surface area contributed by atoms with Crippen molar-refractivity contribution in [3.05, 3.63) is 34.4 Å². The molecule has 0 heterocycles. The van der Waals surface area contributed by atoms with Gasteiger partial charge in [0.05, 0.1) is 6.67 Å². The van der Waals surface area contributed by atoms with Gasteiger partial charge in [-0.3, -0.25) is 4.39 Å². The average molecular weight is 345 g/mol. The van der Waals surface area contributed by atoms with Crippen molar-refractivity contribution in [3.63, 3.8) is 0 Å². The fourth-order valence-corrected chi connectivity index (χ4v) is 5.38. The van der Waals surface area contributed by atoms with Gasteiger partial charge in [-0.25, -0.2) is 0 Å². The molecule has 2 aliphatic rings. The summed E-state index contributed by atoms with van der Waals surface area (Å²) in [4.78, 5) is 0. The number of alkyl halides is 1. The van der Waals surface area contributed by atoms with Crippen LogP contribution in [0.15, 0.2) is 12.1 Å². The van der Waals surface area contributed by atoms with E-state index in [2.05, 4.69) is 19.1 Å². The zero-order valence-electron chi connectivity index (χ0n) is 16.3. The Balaban J connectivity index is 2.00. The van der Waals surface area contributed by atoms with E-state index in [1.165, 1.54) is 94.6 Å². The topological polar surface area (TPSA) is 0 Å². The van der Waals surface area contributed by atoms with E-state index in [-0.39, 0.29) is 6.67 Å². The van der Waals surface area contributed by atoms with Gasteiger partial charge < -0.3 is 0 Å². The molecule has 0 bridgehead atoms. The van der Waals surface area contributed by atoms with Crippen LogP contribution in [0.4, 0.5) is 4.39 Å². The third-order valence-corrected chi connectivity index (χ3v) is 6.69. The van der Waals surface area contributed by atoms with Crippen LogP contribution in [0.5, 0.6) is 0 Å². The summed E-state index contributed by atoms with van der Waals surface area (Å²) in [7, 11) is 0. The van der Waals surface area contributed by atoms with Crippen LogP contribution in [0, 0.1) is 0 Å². The summed E-state index contributed by atoms with van der Waals surface area (Å²) >= 11 is 0. The van der Waals surface area contributed by atoms with Crippen molar-refractivity contribution in [3.8, 4) is 0 Å². The molecule has 0 aliphatic heterocycles. The lowest BCUT2D eigenvalue weighted by molar-refractivity contribution is 0.424. The predicted molar refractivity (Wildman–Crippen MR) is 106 cm³/mol. The van der Waals surface area contributed by atoms with Gasteiger partial charge in [0, 0.05) is 6.42 Å². The van der Waals surface area contributed by atoms with Crippen molar-refractivity contribution in [1.29, 1.82) is 0 Å². The van der Waals surface area contributed by atoms with Gasteiger partial charge in [-0.2, -0.15) is 0 Å². The lowest BCUT2D eigenvalue weighted by atomic mass is 9.74. The van der Waals surface area contributed by atoms with Gasteiger partial charge >= 0.3 is 0 Å². The summed E-state index contributed by atoms with van der Waals surface area (Å²) in [5, 5.41) is 0. The number of halogens is 1. The molecule has 0 N–H and O–H groups in total. The molecule has 0 amide bonds. The molecule has 2 fully saturated rings. The SMILES string of the molecule is CCCCc1ccc(C2CCCCC2)c(CCF)c1C1CCCCC1. The Bertz CT molecular complexity index is 521. The molecule has 0 radical (unpaired) electrons. The normalized spacial score (nSPS) is 20.1. The molecular formula is C24H37F. The first-order valence-corrected chi connectivity index (χ1v) is 11.1. The summed E-state index contributed by atoms with van der Waals surface area (Å²) in [5.41, 5.74) is 6.12. The number of benzene rings is 1. The Kier molecular flexibility index (Phi) is 7.37. The van der Waals surface area contributed by atoms with Crippen LogP contribution in [-0.2, 0) is 12.8 Å². The lowest BCUT2D eigenvalue weighted by Gasteiger charge is -2.31. The van der Waals surface area contributed by atoms with E-state index in [0.29, 0.717) is 18.3 Å². The maximum atomic E-state index is 13.6. The molecule has 0 atom stereocenters. The first-order valence-electron chi connectivity index (χ1n) is 11.1. The van der Waals surface area contributed by atoms with E-state index in [4.69, 9.17) is 0 Å². The Labute approximate surface area is 154 Å². The Morgan fingerprint density at radius 2 is 1.48 bits per heavy atom. The van der Waals surface area contributed by atoms with E-state index in [1.54, 1.807) is 11.1 Å². The quantitative estimate of drug-likeness (QED) is 0.477. The Hall–Kier alpha value is -0.850. The third kappa shape index (κ3) is 4.66. The van der Waals surface area contributed by atoms with Crippen LogP contribution in [0.1, 0.15) is 118 Å². The highest BCUT2D eigenvalue weighted by molar-refractivity contribution is 5.46. The van der Waals surface area contributed by atoms with Crippen molar-refractivity contribution in [2.45, 2.75) is 109 Å². The molecule has 0 spiro atoms. The van der Waals surface area contributed by atoms with E-state index in [0.717, 1.165) is 0 Å². The highest BCUT2D eigenvalue weighted by atomic mass is 19.1. The van der Waals surface area contributed by atoms with E-state index < -0.39 is 0 Å². The summed E-state index contributed by atoms with van der Waals surface area (Å²) in [5.74, 6) is 1.39. The van der Waals surface area contributed by atoms with Crippen LogP contribution in [0.3, 0.4) is 0 Å². The van der Waals surface area contributed by atoms with Crippen LogP contribution in [-0.4, -0.2) is 6.67 Å². The minimum atomic E-state index is -0.198. The standard InChI is InChI=1S/C24H37F/c1-2-3-10-21-15-16-22(19-11-6-4-7-12-19)23(17-18-25)24(21)20-13-8-5-9-14-20/h15-16,19-20H,2-14,17-18H2,1H3. The molecule has 0 nitrogen and oxygen atoms in total. The van der Waals surface area contributed by atoms with Crippen LogP contribution in [0.2, 0.25) is 0 Å². The molecule has 140 valence electrons. The minimum Gasteiger partial charge on any atom is -0.251 e. The van der Waals surface area contributed by atoms with Crippen molar-refractivity contribution < 1.29 is 4.39 Å². The first kappa shape index (κ1) is 18.9. The lowest BCUT2D eigenvalue weighted by Crippen LogP contribution is -2.16. The van der Waals surface area contributed by atoms with E-state index >= 15 is 0 Å². The van der Waals surface area contributed by atoms with Gasteiger partial charge in [0.25, 0.3) is 0 Å². The monoisotopic (exact) mass is 344 g/mol. The van der Waals surface area contributed by atoms with Crippen LogP contribution >= 0.6 is 0 Å². The fraction of sp³-hybridized carbons (Fsp3) is 0.750. The van der Waals surface area contributed by atoms with Gasteiger partial charge in [-0.05, 0) is 72.6 Å². The smallest absolute Gasteiger partial charge is 0.0934 e. The van der Waals surface area contributed by atoms with Crippen molar-refractivity contribution in [2.75, 3.05) is 6.67 Å². The zero-order valence-corrected chi connectivity index (χ0v) is 16.3. The summed E-state index contributed by atoms with van der Waals surface area (Å²) < 4.78 is 13.6. The molecule has 0 aromatic heterocycles. The number of hydrogen-bond acceptors (Lipinski definition) is 0. The molecular weight excluding hydrogens is 307 g/mol. The maximum Gasteiger partial charge on any atom is 0.0934 e. The number of hydrogen-bond donors (Lipinski definition) is 0. The predicted octanol–water partition coefficient (Wildman–Crippen LogP) is 7.64. The molecule has 25 heavy (non-hydrogen) atoms. The molecule has 1 aromatic rings. The number of aryl methyl sites for hydroxylation is 1.